The van der Waals surface area contributed by atoms with Crippen molar-refractivity contribution in [2.24, 2.45) is 0 Å². The normalized spacial score (nSPS) is 11.5. The van der Waals surface area contributed by atoms with Crippen LogP contribution in [-0.2, 0) is 21.2 Å². The molecule has 0 radical (unpaired) electrons. The second-order valence-electron chi connectivity index (χ2n) is 5.17. The molecule has 2 rings (SSSR count). The number of anilines is 2. The molecule has 1 aromatic heterocycles. The Labute approximate surface area is 149 Å². The maximum absolute atomic E-state index is 12.2. The molecule has 24 heavy (non-hydrogen) atoms. The van der Waals surface area contributed by atoms with Gasteiger partial charge in [0, 0.05) is 17.0 Å². The predicted octanol–water partition coefficient (Wildman–Crippen LogP) is 2.19. The lowest BCUT2D eigenvalue weighted by atomic mass is 10.2. The summed E-state index contributed by atoms with van der Waals surface area (Å²) in [5, 5.41) is 7.57. The molecule has 1 heterocycles. The summed E-state index contributed by atoms with van der Waals surface area (Å²) in [4.78, 5) is 12.1. The van der Waals surface area contributed by atoms with Crippen molar-refractivity contribution < 1.29 is 13.2 Å². The van der Waals surface area contributed by atoms with Crippen LogP contribution in [0.25, 0.3) is 0 Å². The van der Waals surface area contributed by atoms with Crippen LogP contribution >= 0.6 is 23.4 Å². The highest BCUT2D eigenvalue weighted by atomic mass is 35.5. The van der Waals surface area contributed by atoms with Crippen molar-refractivity contribution in [1.29, 1.82) is 0 Å². The fourth-order valence-electron chi connectivity index (χ4n) is 2.05. The van der Waals surface area contributed by atoms with Gasteiger partial charge in [-0.05, 0) is 30.9 Å². The van der Waals surface area contributed by atoms with Gasteiger partial charge in [-0.15, -0.1) is 11.8 Å². The predicted molar refractivity (Wildman–Crippen MR) is 96.3 cm³/mol. The Morgan fingerprint density at radius 1 is 1.46 bits per heavy atom. The number of sulfone groups is 1. The van der Waals surface area contributed by atoms with E-state index >= 15 is 0 Å². The molecule has 0 atom stereocenters. The number of nitrogen functional groups attached to an aromatic ring is 1. The molecule has 130 valence electrons. The number of hydrogen-bond acceptors (Lipinski definition) is 6. The first-order valence-corrected chi connectivity index (χ1v) is 10.3. The van der Waals surface area contributed by atoms with Crippen molar-refractivity contribution in [3.05, 3.63) is 28.8 Å². The van der Waals surface area contributed by atoms with Crippen molar-refractivity contribution in [3.8, 4) is 0 Å². The van der Waals surface area contributed by atoms with Gasteiger partial charge in [0.05, 0.1) is 0 Å². The number of nitrogens with two attached hydrogens (primary N) is 1. The van der Waals surface area contributed by atoms with Crippen LogP contribution < -0.4 is 11.1 Å². The minimum Gasteiger partial charge on any atom is -0.383 e. The highest BCUT2D eigenvalue weighted by Crippen LogP contribution is 2.29. The zero-order chi connectivity index (χ0) is 18.1. The fourth-order valence-corrected chi connectivity index (χ4v) is 4.24. The molecule has 0 spiro atoms. The van der Waals surface area contributed by atoms with Gasteiger partial charge >= 0.3 is 0 Å². The van der Waals surface area contributed by atoms with Crippen LogP contribution in [0, 0.1) is 6.92 Å². The summed E-state index contributed by atoms with van der Waals surface area (Å²) in [6.45, 7) is 1.65. The summed E-state index contributed by atoms with van der Waals surface area (Å²) in [6, 6.07) is 5.14. The lowest BCUT2D eigenvalue weighted by Gasteiger charge is -2.08. The van der Waals surface area contributed by atoms with Gasteiger partial charge in [0.2, 0.25) is 5.91 Å². The van der Waals surface area contributed by atoms with Crippen molar-refractivity contribution >= 4 is 50.6 Å². The van der Waals surface area contributed by atoms with E-state index in [9.17, 15) is 13.2 Å². The number of nitrogens with one attached hydrogen (secondary N) is 1. The molecular formula is C14H17ClN4O3S2. The summed E-state index contributed by atoms with van der Waals surface area (Å²) in [5.41, 5.74) is 7.29. The quantitative estimate of drug-likeness (QED) is 0.760. The number of thioether (sulfide) groups is 1. The number of benzene rings is 1. The van der Waals surface area contributed by atoms with Crippen LogP contribution in [0.5, 0.6) is 0 Å². The van der Waals surface area contributed by atoms with Gasteiger partial charge in [-0.1, -0.05) is 17.7 Å². The number of aryl methyl sites for hydroxylation is 1. The lowest BCUT2D eigenvalue weighted by molar-refractivity contribution is -0.116. The van der Waals surface area contributed by atoms with Gasteiger partial charge in [0.15, 0.2) is 9.84 Å². The summed E-state index contributed by atoms with van der Waals surface area (Å²) in [7, 11) is -3.54. The summed E-state index contributed by atoms with van der Waals surface area (Å²) < 4.78 is 24.8. The molecule has 2 aromatic rings. The van der Waals surface area contributed by atoms with Crippen molar-refractivity contribution in [2.45, 2.75) is 23.4 Å². The molecule has 7 nitrogen and oxygen atoms in total. The number of rotatable bonds is 5. The zero-order valence-corrected chi connectivity index (χ0v) is 15.7. The smallest absolute Gasteiger partial charge is 0.246 e. The Morgan fingerprint density at radius 3 is 2.62 bits per heavy atom. The molecule has 0 aliphatic rings. The van der Waals surface area contributed by atoms with E-state index in [-0.39, 0.29) is 22.3 Å². The maximum Gasteiger partial charge on any atom is 0.246 e. The zero-order valence-electron chi connectivity index (χ0n) is 13.3. The van der Waals surface area contributed by atoms with E-state index in [4.69, 9.17) is 17.3 Å². The summed E-state index contributed by atoms with van der Waals surface area (Å²) in [6.07, 6.45) is 2.74. The molecule has 1 aromatic carbocycles. The molecule has 0 saturated heterocycles. The topological polar surface area (TPSA) is 107 Å². The van der Waals surface area contributed by atoms with Crippen LogP contribution in [0.4, 0.5) is 11.5 Å². The second kappa shape index (κ2) is 7.04. The number of amides is 1. The third-order valence-electron chi connectivity index (χ3n) is 3.23. The van der Waals surface area contributed by atoms with E-state index < -0.39 is 15.7 Å². The van der Waals surface area contributed by atoms with Crippen molar-refractivity contribution in [1.82, 2.24) is 9.78 Å². The van der Waals surface area contributed by atoms with Crippen molar-refractivity contribution in [3.63, 3.8) is 0 Å². The van der Waals surface area contributed by atoms with Gasteiger partial charge in [-0.2, -0.15) is 5.10 Å². The molecule has 0 saturated carbocycles. The molecule has 3 N–H and O–H groups in total. The first-order chi connectivity index (χ1) is 11.1. The van der Waals surface area contributed by atoms with Crippen LogP contribution in [0.3, 0.4) is 0 Å². The third kappa shape index (κ3) is 4.03. The highest BCUT2D eigenvalue weighted by molar-refractivity contribution is 7.99. The Morgan fingerprint density at radius 2 is 2.12 bits per heavy atom. The molecule has 0 unspecified atom stereocenters. The fraction of sp³-hybridized carbons (Fsp3) is 0.286. The largest absolute Gasteiger partial charge is 0.383 e. The molecular weight excluding hydrogens is 372 g/mol. The van der Waals surface area contributed by atoms with E-state index in [1.807, 2.05) is 6.92 Å². The van der Waals surface area contributed by atoms with Gasteiger partial charge in [0.25, 0.3) is 0 Å². The van der Waals surface area contributed by atoms with Crippen LogP contribution in [0.1, 0.15) is 5.56 Å². The molecule has 10 heteroatoms. The molecule has 0 aliphatic heterocycles. The standard InChI is InChI=1S/C14H17ClN4O3S2/c1-8-4-5-9(6-10(8)15)17-11(20)7-19-13(16)12(24(3,21)22)14(18-19)23-2/h4-6H,7,16H2,1-3H3,(H,17,20). The van der Waals surface area contributed by atoms with E-state index in [0.717, 1.165) is 23.6 Å². The first kappa shape index (κ1) is 18.6. The lowest BCUT2D eigenvalue weighted by Crippen LogP contribution is -2.21. The van der Waals surface area contributed by atoms with E-state index in [2.05, 4.69) is 10.4 Å². The van der Waals surface area contributed by atoms with E-state index in [1.54, 1.807) is 24.5 Å². The first-order valence-electron chi connectivity index (χ1n) is 6.79. The Kier molecular flexibility index (Phi) is 5.46. The molecule has 0 bridgehead atoms. The Balaban J connectivity index is 2.23. The molecule has 1 amide bonds. The third-order valence-corrected chi connectivity index (χ3v) is 5.58. The SMILES string of the molecule is CSc1nn(CC(=O)Nc2ccc(C)c(Cl)c2)c(N)c1S(C)(=O)=O. The summed E-state index contributed by atoms with van der Waals surface area (Å²) >= 11 is 7.17. The number of aromatic nitrogens is 2. The average Bonchev–Trinajstić information content (AvgIpc) is 2.79. The number of halogens is 1. The van der Waals surface area contributed by atoms with Gasteiger partial charge in [-0.3, -0.25) is 4.79 Å². The van der Waals surface area contributed by atoms with Crippen LogP contribution in [-0.4, -0.2) is 36.6 Å². The van der Waals surface area contributed by atoms with Crippen molar-refractivity contribution in [2.75, 3.05) is 23.6 Å². The number of carbonyl (C=O) groups is 1. The molecule has 0 fully saturated rings. The van der Waals surface area contributed by atoms with Crippen LogP contribution in [0.15, 0.2) is 28.1 Å². The van der Waals surface area contributed by atoms with Gasteiger partial charge in [0.1, 0.15) is 22.3 Å². The van der Waals surface area contributed by atoms with Gasteiger partial charge in [-0.25, -0.2) is 13.1 Å². The number of carbonyl (C=O) groups excluding carboxylic acids is 1. The summed E-state index contributed by atoms with van der Waals surface area (Å²) in [5.74, 6) is -0.448. The molecule has 0 aliphatic carbocycles. The average molecular weight is 389 g/mol. The monoisotopic (exact) mass is 388 g/mol. The van der Waals surface area contributed by atoms with E-state index in [1.165, 1.54) is 4.68 Å². The van der Waals surface area contributed by atoms with Gasteiger partial charge < -0.3 is 11.1 Å². The highest BCUT2D eigenvalue weighted by Gasteiger charge is 2.24. The maximum atomic E-state index is 12.2. The minimum atomic E-state index is -3.54. The Bertz CT molecular complexity index is 894. The van der Waals surface area contributed by atoms with E-state index in [0.29, 0.717) is 10.7 Å². The van der Waals surface area contributed by atoms with Crippen LogP contribution in [0.2, 0.25) is 5.02 Å². The Hall–Kier alpha value is -1.71. The number of nitrogens with zero attached hydrogens (tertiary/aromatic N) is 2. The second-order valence-corrected chi connectivity index (χ2v) is 8.32. The number of hydrogen-bond donors (Lipinski definition) is 2. The minimum absolute atomic E-state index is 0.0545.